The number of fused-ring (bicyclic) bond motifs is 1. The molecule has 0 atom stereocenters. The number of anilines is 2. The predicted octanol–water partition coefficient (Wildman–Crippen LogP) is 1.94. The minimum Gasteiger partial charge on any atom is -0.453 e. The molecule has 124 valence electrons. The highest BCUT2D eigenvalue weighted by Gasteiger charge is 2.16. The topological polar surface area (TPSA) is 126 Å². The van der Waals surface area contributed by atoms with E-state index in [0.29, 0.717) is 11.0 Å². The molecule has 3 rings (SSSR count). The molecule has 0 radical (unpaired) electrons. The number of pyridine rings is 1. The Hall–Kier alpha value is -3.14. The first kappa shape index (κ1) is 15.7. The van der Waals surface area contributed by atoms with E-state index in [2.05, 4.69) is 29.7 Å². The van der Waals surface area contributed by atoms with Gasteiger partial charge in [0.1, 0.15) is 5.82 Å². The number of benzene rings is 1. The number of H-pyrrole nitrogens is 1. The monoisotopic (exact) mass is 347 g/mol. The van der Waals surface area contributed by atoms with Crippen LogP contribution in [0.2, 0.25) is 0 Å². The molecule has 0 fully saturated rings. The van der Waals surface area contributed by atoms with E-state index in [1.807, 2.05) is 0 Å². The second kappa shape index (κ2) is 6.16. The summed E-state index contributed by atoms with van der Waals surface area (Å²) >= 11 is 0. The van der Waals surface area contributed by atoms with Crippen LogP contribution in [0.25, 0.3) is 11.0 Å². The van der Waals surface area contributed by atoms with E-state index in [9.17, 15) is 13.2 Å². The smallest absolute Gasteiger partial charge is 0.413 e. The summed E-state index contributed by atoms with van der Waals surface area (Å²) in [5.41, 5.74) is 0.948. The lowest BCUT2D eigenvalue weighted by atomic mass is 10.3. The molecule has 24 heavy (non-hydrogen) atoms. The summed E-state index contributed by atoms with van der Waals surface area (Å²) in [7, 11) is -2.57. The number of nitrogens with one attached hydrogen (secondary N) is 3. The molecule has 0 aliphatic heterocycles. The number of aromatic nitrogens is 3. The zero-order chi connectivity index (χ0) is 17.2. The molecule has 3 N–H and O–H groups in total. The van der Waals surface area contributed by atoms with Gasteiger partial charge in [-0.3, -0.25) is 10.0 Å². The normalized spacial score (nSPS) is 11.2. The van der Waals surface area contributed by atoms with Crippen molar-refractivity contribution in [1.82, 2.24) is 15.0 Å². The SMILES string of the molecule is COC(=O)Nc1nc2ccc(S(=O)(=O)Nc3ccccn3)cc2[nH]1. The molecule has 1 aromatic carbocycles. The van der Waals surface area contributed by atoms with Crippen molar-refractivity contribution in [2.75, 3.05) is 17.1 Å². The molecule has 9 nitrogen and oxygen atoms in total. The van der Waals surface area contributed by atoms with Crippen LogP contribution in [0.4, 0.5) is 16.6 Å². The number of carbonyl (C=O) groups excluding carboxylic acids is 1. The molecule has 0 aliphatic carbocycles. The highest BCUT2D eigenvalue weighted by Crippen LogP contribution is 2.20. The summed E-state index contributed by atoms with van der Waals surface area (Å²) in [6, 6.07) is 9.26. The Bertz CT molecular complexity index is 985. The van der Waals surface area contributed by atoms with Crippen LogP contribution in [0.5, 0.6) is 0 Å². The summed E-state index contributed by atoms with van der Waals surface area (Å²) in [5.74, 6) is 0.374. The van der Waals surface area contributed by atoms with Gasteiger partial charge in [0.15, 0.2) is 0 Å². The van der Waals surface area contributed by atoms with Crippen molar-refractivity contribution in [3.63, 3.8) is 0 Å². The maximum absolute atomic E-state index is 12.4. The second-order valence-electron chi connectivity index (χ2n) is 4.70. The number of amides is 1. The Morgan fingerprint density at radius 1 is 1.25 bits per heavy atom. The summed E-state index contributed by atoms with van der Waals surface area (Å²) in [6.07, 6.45) is 0.805. The molecule has 0 unspecified atom stereocenters. The number of nitrogens with zero attached hydrogens (tertiary/aromatic N) is 2. The molecule has 10 heteroatoms. The van der Waals surface area contributed by atoms with Crippen LogP contribution < -0.4 is 10.0 Å². The van der Waals surface area contributed by atoms with Crippen LogP contribution in [-0.2, 0) is 14.8 Å². The Morgan fingerprint density at radius 2 is 2.08 bits per heavy atom. The first-order valence-corrected chi connectivity index (χ1v) is 8.25. The molecule has 0 aliphatic rings. The van der Waals surface area contributed by atoms with Gasteiger partial charge >= 0.3 is 6.09 Å². The van der Waals surface area contributed by atoms with Gasteiger partial charge in [-0.25, -0.2) is 23.2 Å². The highest BCUT2D eigenvalue weighted by atomic mass is 32.2. The Balaban J connectivity index is 1.91. The maximum Gasteiger partial charge on any atom is 0.413 e. The van der Waals surface area contributed by atoms with Crippen LogP contribution >= 0.6 is 0 Å². The van der Waals surface area contributed by atoms with E-state index < -0.39 is 16.1 Å². The minimum absolute atomic E-state index is 0.0360. The lowest BCUT2D eigenvalue weighted by Crippen LogP contribution is -2.13. The van der Waals surface area contributed by atoms with E-state index in [1.165, 1.54) is 31.5 Å². The number of imidazole rings is 1. The molecular weight excluding hydrogens is 334 g/mol. The van der Waals surface area contributed by atoms with Gasteiger partial charge in [0.2, 0.25) is 5.95 Å². The molecule has 0 saturated carbocycles. The summed E-state index contributed by atoms with van der Waals surface area (Å²) in [5, 5.41) is 2.38. The molecule has 3 aromatic rings. The van der Waals surface area contributed by atoms with E-state index in [-0.39, 0.29) is 16.7 Å². The van der Waals surface area contributed by atoms with E-state index in [4.69, 9.17) is 0 Å². The van der Waals surface area contributed by atoms with Gasteiger partial charge in [0.25, 0.3) is 10.0 Å². The third kappa shape index (κ3) is 3.27. The molecule has 2 aromatic heterocycles. The zero-order valence-electron chi connectivity index (χ0n) is 12.5. The molecule has 1 amide bonds. The van der Waals surface area contributed by atoms with Crippen molar-refractivity contribution in [3.05, 3.63) is 42.6 Å². The summed E-state index contributed by atoms with van der Waals surface area (Å²) in [6.45, 7) is 0. The fourth-order valence-electron chi connectivity index (χ4n) is 1.98. The van der Waals surface area contributed by atoms with Crippen LogP contribution in [-0.4, -0.2) is 36.6 Å². The number of hydrogen-bond acceptors (Lipinski definition) is 6. The van der Waals surface area contributed by atoms with Gasteiger partial charge in [-0.2, -0.15) is 0 Å². The van der Waals surface area contributed by atoms with Crippen LogP contribution in [0.1, 0.15) is 0 Å². The van der Waals surface area contributed by atoms with Crippen LogP contribution in [0.15, 0.2) is 47.5 Å². The van der Waals surface area contributed by atoms with Crippen LogP contribution in [0, 0.1) is 0 Å². The van der Waals surface area contributed by atoms with Gasteiger partial charge in [-0.15, -0.1) is 0 Å². The highest BCUT2D eigenvalue weighted by molar-refractivity contribution is 7.92. The number of aromatic amines is 1. The number of sulfonamides is 1. The lowest BCUT2D eigenvalue weighted by molar-refractivity contribution is 0.186. The average molecular weight is 347 g/mol. The molecule has 2 heterocycles. The summed E-state index contributed by atoms with van der Waals surface area (Å²) in [4.78, 5) is 22.1. The number of methoxy groups -OCH3 is 1. The summed E-state index contributed by atoms with van der Waals surface area (Å²) < 4.78 is 31.7. The number of rotatable bonds is 4. The van der Waals surface area contributed by atoms with E-state index in [1.54, 1.807) is 18.2 Å². The average Bonchev–Trinajstić information content (AvgIpc) is 2.96. The Labute approximate surface area is 137 Å². The molecule has 0 bridgehead atoms. The fraction of sp³-hybridized carbons (Fsp3) is 0.0714. The van der Waals surface area contributed by atoms with Gasteiger partial charge in [0.05, 0.1) is 23.0 Å². The van der Waals surface area contributed by atoms with Crippen LogP contribution in [0.3, 0.4) is 0 Å². The van der Waals surface area contributed by atoms with E-state index >= 15 is 0 Å². The third-order valence-electron chi connectivity index (χ3n) is 3.07. The predicted molar refractivity (Wildman–Crippen MR) is 87.2 cm³/mol. The Morgan fingerprint density at radius 3 is 2.79 bits per heavy atom. The van der Waals surface area contributed by atoms with Crippen molar-refractivity contribution >= 4 is 38.9 Å². The number of carbonyl (C=O) groups is 1. The van der Waals surface area contributed by atoms with E-state index in [0.717, 1.165) is 0 Å². The zero-order valence-corrected chi connectivity index (χ0v) is 13.3. The fourth-order valence-corrected chi connectivity index (χ4v) is 3.02. The number of ether oxygens (including phenoxy) is 1. The maximum atomic E-state index is 12.4. The second-order valence-corrected chi connectivity index (χ2v) is 6.38. The minimum atomic E-state index is -3.80. The van der Waals surface area contributed by atoms with Gasteiger partial charge in [0, 0.05) is 6.20 Å². The third-order valence-corrected chi connectivity index (χ3v) is 4.43. The van der Waals surface area contributed by atoms with Crippen molar-refractivity contribution in [1.29, 1.82) is 0 Å². The van der Waals surface area contributed by atoms with Crippen molar-refractivity contribution in [2.24, 2.45) is 0 Å². The van der Waals surface area contributed by atoms with Crippen molar-refractivity contribution < 1.29 is 17.9 Å². The molecule has 0 saturated heterocycles. The molecule has 0 spiro atoms. The standard InChI is InChI=1S/C14H13N5O4S/c1-23-14(20)18-13-16-10-6-5-9(8-11(10)17-13)24(21,22)19-12-4-2-3-7-15-12/h2-8H,1H3,(H,15,19)(H2,16,17,18,20). The van der Waals surface area contributed by atoms with Gasteiger partial charge in [-0.05, 0) is 30.3 Å². The lowest BCUT2D eigenvalue weighted by Gasteiger charge is -2.06. The Kier molecular flexibility index (Phi) is 4.04. The number of hydrogen-bond donors (Lipinski definition) is 3. The van der Waals surface area contributed by atoms with Gasteiger partial charge < -0.3 is 9.72 Å². The van der Waals surface area contributed by atoms with Gasteiger partial charge in [-0.1, -0.05) is 6.07 Å². The largest absolute Gasteiger partial charge is 0.453 e. The first-order chi connectivity index (χ1) is 11.5. The quantitative estimate of drug-likeness (QED) is 0.662. The first-order valence-electron chi connectivity index (χ1n) is 6.76. The molecular formula is C14H13N5O4S. The van der Waals surface area contributed by atoms with Crippen molar-refractivity contribution in [3.8, 4) is 0 Å². The van der Waals surface area contributed by atoms with Crippen molar-refractivity contribution in [2.45, 2.75) is 4.90 Å².